The van der Waals surface area contributed by atoms with Crippen LogP contribution in [0.3, 0.4) is 0 Å². The van der Waals surface area contributed by atoms with Gasteiger partial charge >= 0.3 is 0 Å². The summed E-state index contributed by atoms with van der Waals surface area (Å²) in [5.41, 5.74) is 5.56. The number of carbonyl (C=O) groups excluding carboxylic acids is 1. The van der Waals surface area contributed by atoms with Crippen LogP contribution in [0.5, 0.6) is 0 Å². The summed E-state index contributed by atoms with van der Waals surface area (Å²) in [5.74, 6) is -0.591. The van der Waals surface area contributed by atoms with Crippen molar-refractivity contribution in [1.82, 2.24) is 5.32 Å². The second-order valence-electron chi connectivity index (χ2n) is 3.41. The third kappa shape index (κ3) is 8.34. The number of hydrogen-bond donors (Lipinski definition) is 3. The van der Waals surface area contributed by atoms with Crippen LogP contribution in [-0.2, 0) is 14.8 Å². The summed E-state index contributed by atoms with van der Waals surface area (Å²) >= 11 is 0. The molecule has 90 valence electrons. The van der Waals surface area contributed by atoms with Gasteiger partial charge in [0.25, 0.3) is 0 Å². The number of rotatable bonds is 7. The Morgan fingerprint density at radius 2 is 2.07 bits per heavy atom. The van der Waals surface area contributed by atoms with E-state index in [-0.39, 0.29) is 18.2 Å². The number of nitrogens with two attached hydrogens (primary N) is 2. The second kappa shape index (κ2) is 6.76. The first kappa shape index (κ1) is 14.3. The van der Waals surface area contributed by atoms with E-state index in [0.29, 0.717) is 6.42 Å². The zero-order valence-corrected chi connectivity index (χ0v) is 9.72. The summed E-state index contributed by atoms with van der Waals surface area (Å²) in [5, 5.41) is 7.19. The number of primary sulfonamides is 1. The van der Waals surface area contributed by atoms with E-state index in [1.54, 1.807) is 0 Å². The first-order valence-electron chi connectivity index (χ1n) is 4.90. The highest BCUT2D eigenvalue weighted by Gasteiger charge is 2.12. The normalized spacial score (nSPS) is 13.5. The van der Waals surface area contributed by atoms with Crippen molar-refractivity contribution in [3.8, 4) is 0 Å². The molecule has 0 aliphatic rings. The predicted octanol–water partition coefficient (Wildman–Crippen LogP) is -1.09. The number of unbranched alkanes of at least 4 members (excludes halogenated alkanes) is 1. The Labute approximate surface area is 90.4 Å². The summed E-state index contributed by atoms with van der Waals surface area (Å²) < 4.78 is 21.1. The summed E-state index contributed by atoms with van der Waals surface area (Å²) in [6, 6.07) is -0.564. The van der Waals surface area contributed by atoms with Gasteiger partial charge in [0.05, 0.1) is 11.8 Å². The highest BCUT2D eigenvalue weighted by atomic mass is 32.2. The fourth-order valence-corrected chi connectivity index (χ4v) is 1.39. The Morgan fingerprint density at radius 1 is 1.47 bits per heavy atom. The molecule has 0 aliphatic carbocycles. The van der Waals surface area contributed by atoms with E-state index in [4.69, 9.17) is 10.9 Å². The molecule has 1 amide bonds. The zero-order chi connectivity index (χ0) is 11.9. The third-order valence-electron chi connectivity index (χ3n) is 1.89. The molecule has 0 rings (SSSR count). The van der Waals surface area contributed by atoms with E-state index in [9.17, 15) is 13.2 Å². The number of sulfonamides is 1. The van der Waals surface area contributed by atoms with Crippen molar-refractivity contribution in [2.45, 2.75) is 32.2 Å². The molecule has 0 fully saturated rings. The van der Waals surface area contributed by atoms with Crippen LogP contribution in [0, 0.1) is 0 Å². The van der Waals surface area contributed by atoms with E-state index in [1.165, 1.54) is 0 Å². The smallest absolute Gasteiger partial charge is 0.236 e. The van der Waals surface area contributed by atoms with Crippen LogP contribution in [-0.4, -0.2) is 32.7 Å². The van der Waals surface area contributed by atoms with Crippen LogP contribution in [0.2, 0.25) is 0 Å². The van der Waals surface area contributed by atoms with Crippen molar-refractivity contribution >= 4 is 15.9 Å². The quantitative estimate of drug-likeness (QED) is 0.521. The third-order valence-corrected chi connectivity index (χ3v) is 2.66. The Bertz CT molecular complexity index is 290. The Balaban J connectivity index is 3.74. The standard InChI is InChI=1S/C8H19N3O3S/c1-2-3-4-7(9)8(12)11-5-6-15(10,13)14/h7H,2-6,9H2,1H3,(H,11,12)(H2,10,13,14). The van der Waals surface area contributed by atoms with Gasteiger partial charge in [0, 0.05) is 6.54 Å². The van der Waals surface area contributed by atoms with Gasteiger partial charge in [-0.2, -0.15) is 0 Å². The van der Waals surface area contributed by atoms with Gasteiger partial charge in [-0.1, -0.05) is 19.8 Å². The van der Waals surface area contributed by atoms with Gasteiger partial charge in [-0.05, 0) is 6.42 Å². The lowest BCUT2D eigenvalue weighted by atomic mass is 10.1. The lowest BCUT2D eigenvalue weighted by molar-refractivity contribution is -0.122. The van der Waals surface area contributed by atoms with Crippen LogP contribution in [0.1, 0.15) is 26.2 Å². The van der Waals surface area contributed by atoms with E-state index in [1.807, 2.05) is 6.92 Å². The molecule has 0 saturated carbocycles. The molecule has 5 N–H and O–H groups in total. The number of hydrogen-bond acceptors (Lipinski definition) is 4. The molecule has 0 aromatic rings. The van der Waals surface area contributed by atoms with Gasteiger partial charge < -0.3 is 11.1 Å². The van der Waals surface area contributed by atoms with E-state index in [2.05, 4.69) is 5.32 Å². The molecule has 0 aromatic heterocycles. The van der Waals surface area contributed by atoms with Crippen LogP contribution in [0.25, 0.3) is 0 Å². The van der Waals surface area contributed by atoms with Crippen molar-refractivity contribution in [2.75, 3.05) is 12.3 Å². The minimum atomic E-state index is -3.52. The zero-order valence-electron chi connectivity index (χ0n) is 8.90. The minimum absolute atomic E-state index is 0.0114. The molecule has 0 bridgehead atoms. The summed E-state index contributed by atoms with van der Waals surface area (Å²) in [7, 11) is -3.52. The molecular weight excluding hydrogens is 218 g/mol. The van der Waals surface area contributed by atoms with Crippen molar-refractivity contribution < 1.29 is 13.2 Å². The van der Waals surface area contributed by atoms with E-state index >= 15 is 0 Å². The minimum Gasteiger partial charge on any atom is -0.354 e. The molecule has 0 heterocycles. The van der Waals surface area contributed by atoms with Gasteiger partial charge in [0.15, 0.2) is 0 Å². The molecule has 0 radical (unpaired) electrons. The van der Waals surface area contributed by atoms with Crippen LogP contribution < -0.4 is 16.2 Å². The highest BCUT2D eigenvalue weighted by Crippen LogP contribution is 1.97. The Morgan fingerprint density at radius 3 is 2.53 bits per heavy atom. The average molecular weight is 237 g/mol. The molecule has 0 spiro atoms. The first-order valence-corrected chi connectivity index (χ1v) is 6.62. The maximum Gasteiger partial charge on any atom is 0.236 e. The van der Waals surface area contributed by atoms with Crippen LogP contribution in [0.15, 0.2) is 0 Å². The monoisotopic (exact) mass is 237 g/mol. The van der Waals surface area contributed by atoms with Crippen molar-refractivity contribution in [1.29, 1.82) is 0 Å². The lowest BCUT2D eigenvalue weighted by Crippen LogP contribution is -2.42. The number of nitrogens with one attached hydrogen (secondary N) is 1. The summed E-state index contributed by atoms with van der Waals surface area (Å²) in [6.07, 6.45) is 2.46. The van der Waals surface area contributed by atoms with Crippen molar-refractivity contribution in [2.24, 2.45) is 10.9 Å². The molecule has 15 heavy (non-hydrogen) atoms. The molecular formula is C8H19N3O3S. The van der Waals surface area contributed by atoms with Gasteiger partial charge in [0.1, 0.15) is 0 Å². The largest absolute Gasteiger partial charge is 0.354 e. The summed E-state index contributed by atoms with van der Waals surface area (Å²) in [4.78, 5) is 11.3. The van der Waals surface area contributed by atoms with Gasteiger partial charge in [-0.15, -0.1) is 0 Å². The van der Waals surface area contributed by atoms with E-state index in [0.717, 1.165) is 12.8 Å². The average Bonchev–Trinajstić information content (AvgIpc) is 2.11. The fraction of sp³-hybridized carbons (Fsp3) is 0.875. The maximum atomic E-state index is 11.3. The van der Waals surface area contributed by atoms with Crippen LogP contribution in [0.4, 0.5) is 0 Å². The Kier molecular flexibility index (Phi) is 6.46. The van der Waals surface area contributed by atoms with Gasteiger partial charge in [0.2, 0.25) is 15.9 Å². The van der Waals surface area contributed by atoms with Crippen molar-refractivity contribution in [3.63, 3.8) is 0 Å². The number of carbonyl (C=O) groups is 1. The molecule has 0 aromatic carbocycles. The molecule has 6 nitrogen and oxygen atoms in total. The molecule has 1 atom stereocenters. The van der Waals surface area contributed by atoms with E-state index < -0.39 is 16.1 Å². The fourth-order valence-electron chi connectivity index (χ4n) is 1.00. The SMILES string of the molecule is CCCCC(N)C(=O)NCCS(N)(=O)=O. The topological polar surface area (TPSA) is 115 Å². The lowest BCUT2D eigenvalue weighted by Gasteiger charge is -2.10. The summed E-state index contributed by atoms with van der Waals surface area (Å²) in [6.45, 7) is 2.02. The Hall–Kier alpha value is -0.660. The van der Waals surface area contributed by atoms with Gasteiger partial charge in [-0.25, -0.2) is 13.6 Å². The van der Waals surface area contributed by atoms with Crippen molar-refractivity contribution in [3.05, 3.63) is 0 Å². The van der Waals surface area contributed by atoms with Crippen LogP contribution >= 0.6 is 0 Å². The number of amides is 1. The van der Waals surface area contributed by atoms with Gasteiger partial charge in [-0.3, -0.25) is 4.79 Å². The first-order chi connectivity index (χ1) is 6.87. The molecule has 0 saturated heterocycles. The predicted molar refractivity (Wildman–Crippen MR) is 58.5 cm³/mol. The molecule has 1 unspecified atom stereocenters. The highest BCUT2D eigenvalue weighted by molar-refractivity contribution is 7.89. The maximum absolute atomic E-state index is 11.3. The second-order valence-corrected chi connectivity index (χ2v) is 5.14. The molecule has 0 aliphatic heterocycles. The molecule has 7 heteroatoms.